The van der Waals surface area contributed by atoms with Crippen LogP contribution in [0.5, 0.6) is 0 Å². The van der Waals surface area contributed by atoms with E-state index in [0.29, 0.717) is 38.0 Å². The topological polar surface area (TPSA) is 235 Å². The molecule has 0 bridgehead atoms. The van der Waals surface area contributed by atoms with E-state index in [4.69, 9.17) is 9.90 Å². The van der Waals surface area contributed by atoms with Gasteiger partial charge >= 0.3 is 5.97 Å². The molecular formula is C32H67N7O9. The Morgan fingerprint density at radius 3 is 1.71 bits per heavy atom. The molecule has 0 aromatic carbocycles. The van der Waals surface area contributed by atoms with Crippen LogP contribution in [0, 0.1) is 5.92 Å². The summed E-state index contributed by atoms with van der Waals surface area (Å²) in [5, 5.41) is 31.7. The van der Waals surface area contributed by atoms with Crippen LogP contribution < -0.4 is 31.9 Å². The van der Waals surface area contributed by atoms with Crippen LogP contribution in [0.15, 0.2) is 0 Å². The molecule has 6 amide bonds. The summed E-state index contributed by atoms with van der Waals surface area (Å²) in [6, 6.07) is -0.367. The van der Waals surface area contributed by atoms with E-state index in [1.54, 1.807) is 20.9 Å². The number of rotatable bonds is 14. The molecule has 1 heterocycles. The summed E-state index contributed by atoms with van der Waals surface area (Å²) in [5.74, 6) is -1.36. The molecule has 1 saturated heterocycles. The summed E-state index contributed by atoms with van der Waals surface area (Å²) in [6.07, 6.45) is 2.36. The number of amides is 6. The largest absolute Gasteiger partial charge is 0.481 e. The van der Waals surface area contributed by atoms with Crippen molar-refractivity contribution >= 4 is 42.4 Å². The Hall–Kier alpha value is -3.79. The first-order valence-electron chi connectivity index (χ1n) is 16.5. The minimum absolute atomic E-state index is 0.222. The molecule has 0 aliphatic carbocycles. The normalized spacial score (nSPS) is 13.6. The molecule has 0 radical (unpaired) electrons. The lowest BCUT2D eigenvalue weighted by molar-refractivity contribution is -0.136. The summed E-state index contributed by atoms with van der Waals surface area (Å²) in [6.45, 7) is 22.7. The molecule has 284 valence electrons. The first kappa shape index (κ1) is 53.7. The third-order valence-corrected chi connectivity index (χ3v) is 5.18. The van der Waals surface area contributed by atoms with E-state index in [9.17, 15) is 33.9 Å². The maximum atomic E-state index is 11.7. The highest BCUT2D eigenvalue weighted by molar-refractivity contribution is 5.91. The molecule has 3 atom stereocenters. The first-order valence-corrected chi connectivity index (χ1v) is 16.5. The fourth-order valence-corrected chi connectivity index (χ4v) is 3.00. The van der Waals surface area contributed by atoms with Crippen LogP contribution in [0.3, 0.4) is 0 Å². The van der Waals surface area contributed by atoms with Crippen LogP contribution in [0.4, 0.5) is 0 Å². The summed E-state index contributed by atoms with van der Waals surface area (Å²) in [4.78, 5) is 76.4. The van der Waals surface area contributed by atoms with Gasteiger partial charge in [0.25, 0.3) is 0 Å². The van der Waals surface area contributed by atoms with Gasteiger partial charge in [0.1, 0.15) is 6.04 Å². The van der Waals surface area contributed by atoms with Crippen molar-refractivity contribution in [1.29, 1.82) is 0 Å². The molecular weight excluding hydrogens is 626 g/mol. The van der Waals surface area contributed by atoms with Gasteiger partial charge in [-0.25, -0.2) is 0 Å². The number of carbonyl (C=O) groups excluding carboxylic acids is 6. The molecule has 3 unspecified atom stereocenters. The summed E-state index contributed by atoms with van der Waals surface area (Å²) >= 11 is 0. The molecule has 0 spiro atoms. The Labute approximate surface area is 288 Å². The minimum Gasteiger partial charge on any atom is -0.481 e. The molecule has 0 aromatic rings. The predicted molar refractivity (Wildman–Crippen MR) is 188 cm³/mol. The Kier molecular flexibility index (Phi) is 42.1. The Bertz CT molecular complexity index is 855. The Morgan fingerprint density at radius 2 is 1.38 bits per heavy atom. The average molecular weight is 694 g/mol. The number of hydrogen-bond acceptors (Lipinski definition) is 9. The summed E-state index contributed by atoms with van der Waals surface area (Å²) < 4.78 is 0. The van der Waals surface area contributed by atoms with Crippen molar-refractivity contribution in [3.8, 4) is 0 Å². The highest BCUT2D eigenvalue weighted by Crippen LogP contribution is 2.15. The number of aliphatic hydroxyl groups is 1. The number of carbonyl (C=O) groups is 7. The van der Waals surface area contributed by atoms with Gasteiger partial charge in [-0.2, -0.15) is 0 Å². The van der Waals surface area contributed by atoms with Crippen LogP contribution >= 0.6 is 0 Å². The number of aliphatic hydroxyl groups excluding tert-OH is 1. The van der Waals surface area contributed by atoms with E-state index in [1.165, 1.54) is 6.92 Å². The van der Waals surface area contributed by atoms with E-state index in [2.05, 4.69) is 73.4 Å². The fraction of sp³-hybridized carbons (Fsp3) is 0.781. The molecule has 1 aliphatic rings. The molecule has 16 nitrogen and oxygen atoms in total. The molecule has 1 rings (SSSR count). The number of carboxylic acids is 1. The number of likely N-dealkylation sites (N-methyl/N-ethyl adjacent to an activating group) is 1. The summed E-state index contributed by atoms with van der Waals surface area (Å²) in [5.41, 5.74) is 0. The highest BCUT2D eigenvalue weighted by Gasteiger charge is 2.26. The zero-order chi connectivity index (χ0) is 38.7. The molecule has 0 saturated carbocycles. The van der Waals surface area contributed by atoms with Crippen molar-refractivity contribution in [2.75, 3.05) is 39.8 Å². The maximum absolute atomic E-state index is 11.7. The van der Waals surface area contributed by atoms with E-state index in [-0.39, 0.29) is 31.3 Å². The van der Waals surface area contributed by atoms with Crippen LogP contribution in [0.1, 0.15) is 95.4 Å². The third-order valence-electron chi connectivity index (χ3n) is 5.18. The lowest BCUT2D eigenvalue weighted by atomic mass is 10.1. The van der Waals surface area contributed by atoms with Gasteiger partial charge in [-0.15, -0.1) is 0 Å². The van der Waals surface area contributed by atoms with Gasteiger partial charge in [-0.1, -0.05) is 55.4 Å². The standard InChI is InChI=1S/C11H20N4O5.C10H20N2O.C4H10.C3H6O2.C2H5NO.C2H6/c1-3-13-8(18)5-14-11(20)10(7(2)17)15-9(19)4-12-6-16;1-8(2)11-7-10(13)12-6-4-5-9(12)3;1-4(2)3;1-2-3(4)5;1-3-2-4;1-2/h6-7,10,17H,3-5H2,1-2H3,(H,12,16)(H,13,18)(H,14,20)(H,15,19);8-9,11H,4-7H2,1-3H3;4H,1-3H3;2H2,1H3,(H,4,5);2H,1H3,(H,3,4);1-2H3. The maximum Gasteiger partial charge on any atom is 0.303 e. The van der Waals surface area contributed by atoms with E-state index in [1.807, 2.05) is 18.7 Å². The first-order chi connectivity index (χ1) is 22.4. The number of nitrogens with one attached hydrogen (secondary N) is 6. The summed E-state index contributed by atoms with van der Waals surface area (Å²) in [7, 11) is 1.56. The van der Waals surface area contributed by atoms with Gasteiger partial charge in [0, 0.05) is 38.6 Å². The van der Waals surface area contributed by atoms with Crippen molar-refractivity contribution in [1.82, 2.24) is 36.8 Å². The molecule has 16 heteroatoms. The molecule has 0 aromatic heterocycles. The van der Waals surface area contributed by atoms with Crippen molar-refractivity contribution in [2.24, 2.45) is 5.92 Å². The van der Waals surface area contributed by atoms with Gasteiger partial charge < -0.3 is 47.0 Å². The van der Waals surface area contributed by atoms with E-state index < -0.39 is 29.9 Å². The van der Waals surface area contributed by atoms with Crippen LogP contribution in [-0.2, 0) is 33.6 Å². The molecule has 1 fully saturated rings. The second kappa shape index (κ2) is 37.7. The van der Waals surface area contributed by atoms with Crippen molar-refractivity contribution in [3.63, 3.8) is 0 Å². The van der Waals surface area contributed by atoms with Crippen molar-refractivity contribution in [3.05, 3.63) is 0 Å². The predicted octanol–water partition coefficient (Wildman–Crippen LogP) is 0.377. The number of likely N-dealkylation sites (tertiary alicyclic amines) is 1. The second-order valence-corrected chi connectivity index (χ2v) is 11.0. The van der Waals surface area contributed by atoms with Gasteiger partial charge in [0.05, 0.1) is 25.7 Å². The van der Waals surface area contributed by atoms with Crippen LogP contribution in [-0.4, -0.2) is 122 Å². The highest BCUT2D eigenvalue weighted by atomic mass is 16.4. The second-order valence-electron chi connectivity index (χ2n) is 11.0. The van der Waals surface area contributed by atoms with Gasteiger partial charge in [0.2, 0.25) is 36.4 Å². The third kappa shape index (κ3) is 40.2. The molecule has 1 aliphatic heterocycles. The zero-order valence-corrected chi connectivity index (χ0v) is 31.4. The molecule has 8 N–H and O–H groups in total. The molecule has 48 heavy (non-hydrogen) atoms. The lowest BCUT2D eigenvalue weighted by Gasteiger charge is -2.22. The SMILES string of the molecule is CC.CC(C)C.CC(C)NCC(=O)N1CCCC1C.CCC(=O)O.CCNC(=O)CNC(=O)C(NC(=O)CNC=O)C(C)O.CNC=O. The number of aliphatic carboxylic acids is 1. The zero-order valence-electron chi connectivity index (χ0n) is 31.4. The monoisotopic (exact) mass is 694 g/mol. The minimum atomic E-state index is -1.20. The van der Waals surface area contributed by atoms with Crippen molar-refractivity contribution < 1.29 is 43.8 Å². The Morgan fingerprint density at radius 1 is 0.875 bits per heavy atom. The number of carboxylic acid groups (broad SMARTS) is 1. The van der Waals surface area contributed by atoms with Crippen LogP contribution in [0.2, 0.25) is 0 Å². The van der Waals surface area contributed by atoms with Gasteiger partial charge in [0.15, 0.2) is 0 Å². The van der Waals surface area contributed by atoms with Gasteiger partial charge in [-0.3, -0.25) is 33.6 Å². The Balaban J connectivity index is -0.000000186. The average Bonchev–Trinajstić information content (AvgIpc) is 3.47. The quantitative estimate of drug-likeness (QED) is 0.116. The number of nitrogens with zero attached hydrogens (tertiary/aromatic N) is 1. The lowest BCUT2D eigenvalue weighted by Crippen LogP contribution is -2.55. The van der Waals surface area contributed by atoms with E-state index in [0.717, 1.165) is 25.3 Å². The fourth-order valence-electron chi connectivity index (χ4n) is 3.00. The van der Waals surface area contributed by atoms with Crippen LogP contribution in [0.25, 0.3) is 0 Å². The van der Waals surface area contributed by atoms with Gasteiger partial charge in [-0.05, 0) is 39.5 Å². The smallest absolute Gasteiger partial charge is 0.303 e. The number of hydrogen-bond donors (Lipinski definition) is 8. The van der Waals surface area contributed by atoms with Crippen molar-refractivity contribution in [2.45, 2.75) is 120 Å². The van der Waals surface area contributed by atoms with E-state index >= 15 is 0 Å².